The van der Waals surface area contributed by atoms with Gasteiger partial charge in [0.15, 0.2) is 5.78 Å². The molecule has 41 heavy (non-hydrogen) atoms. The standard InChI is InChI=1S/C31H22Cl2N2O6/c32-23-13-10-21(15-24(23)33)28(37)34(35-29(38)26-19-6-7-20(14-19)27(26)30(35)39)16-25(36)17-8-11-22(12-9-17)41-31(40)18-4-2-1-3-5-18/h1-13,15,19-20,26-27H,14,16H2/t19-,20-,26-,27+/m0/s1. The SMILES string of the molecule is O=C(CN(C(=O)c1ccc(Cl)c(Cl)c1)N1C(=O)[C@@H]2[C@H](C1=O)[C@H]1C=C[C@H]2C1)c1ccc(OC(=O)c2ccccc2)cc1. The zero-order valence-electron chi connectivity index (χ0n) is 21.4. The molecule has 0 spiro atoms. The minimum absolute atomic E-state index is 0.0640. The van der Waals surface area contributed by atoms with E-state index in [1.807, 2.05) is 12.2 Å². The van der Waals surface area contributed by atoms with Gasteiger partial charge in [-0.3, -0.25) is 19.2 Å². The smallest absolute Gasteiger partial charge is 0.343 e. The fourth-order valence-electron chi connectivity index (χ4n) is 5.81. The lowest BCUT2D eigenvalue weighted by molar-refractivity contribution is -0.154. The first-order chi connectivity index (χ1) is 19.7. The fraction of sp³-hybridized carbons (Fsp3) is 0.194. The van der Waals surface area contributed by atoms with Crippen LogP contribution in [0.25, 0.3) is 0 Å². The predicted octanol–water partition coefficient (Wildman–Crippen LogP) is 5.26. The Bertz CT molecular complexity index is 1590. The number of ketones is 1. The Hall–Kier alpha value is -4.27. The topological polar surface area (TPSA) is 101 Å². The summed E-state index contributed by atoms with van der Waals surface area (Å²) in [5, 5.41) is 2.07. The Balaban J connectivity index is 1.25. The molecule has 3 aromatic carbocycles. The summed E-state index contributed by atoms with van der Waals surface area (Å²) >= 11 is 12.2. The monoisotopic (exact) mass is 588 g/mol. The summed E-state index contributed by atoms with van der Waals surface area (Å²) in [5.41, 5.74) is 0.629. The highest BCUT2D eigenvalue weighted by molar-refractivity contribution is 6.42. The van der Waals surface area contributed by atoms with Crippen molar-refractivity contribution in [2.24, 2.45) is 23.7 Å². The van der Waals surface area contributed by atoms with Gasteiger partial charge in [0.2, 0.25) is 0 Å². The number of Topliss-reactive ketones (excluding diaryl/α,β-unsaturated/α-hetero) is 1. The lowest BCUT2D eigenvalue weighted by atomic mass is 9.85. The average molecular weight is 589 g/mol. The maximum atomic E-state index is 13.7. The first-order valence-corrected chi connectivity index (χ1v) is 13.7. The number of rotatable bonds is 7. The van der Waals surface area contributed by atoms with Gasteiger partial charge in [-0.2, -0.15) is 5.01 Å². The van der Waals surface area contributed by atoms with Crippen molar-refractivity contribution in [2.75, 3.05) is 6.54 Å². The van der Waals surface area contributed by atoms with Crippen molar-refractivity contribution in [2.45, 2.75) is 6.42 Å². The van der Waals surface area contributed by atoms with Crippen LogP contribution in [0.3, 0.4) is 0 Å². The summed E-state index contributed by atoms with van der Waals surface area (Å²) in [6.45, 7) is -0.581. The molecule has 0 unspecified atom stereocenters. The number of hydrogen-bond donors (Lipinski definition) is 0. The molecule has 0 radical (unpaired) electrons. The Morgan fingerprint density at radius 2 is 1.39 bits per heavy atom. The molecule has 2 fully saturated rings. The van der Waals surface area contributed by atoms with Crippen molar-refractivity contribution in [3.63, 3.8) is 0 Å². The van der Waals surface area contributed by atoms with Gasteiger partial charge in [-0.05, 0) is 72.9 Å². The van der Waals surface area contributed by atoms with Crippen molar-refractivity contribution in [1.29, 1.82) is 0 Å². The van der Waals surface area contributed by atoms with Crippen molar-refractivity contribution in [3.8, 4) is 5.75 Å². The first-order valence-electron chi connectivity index (χ1n) is 13.0. The second-order valence-corrected chi connectivity index (χ2v) is 11.0. The highest BCUT2D eigenvalue weighted by Crippen LogP contribution is 2.52. The third kappa shape index (κ3) is 4.83. The number of fused-ring (bicyclic) bond motifs is 5. The molecule has 4 atom stereocenters. The highest BCUT2D eigenvalue weighted by Gasteiger charge is 2.61. The number of amides is 3. The van der Waals surface area contributed by atoms with E-state index >= 15 is 0 Å². The highest BCUT2D eigenvalue weighted by atomic mass is 35.5. The quantitative estimate of drug-likeness (QED) is 0.123. The number of halogens is 2. The number of ether oxygens (including phenoxy) is 1. The molecule has 0 N–H and O–H groups in total. The zero-order chi connectivity index (χ0) is 28.8. The molecule has 8 nitrogen and oxygen atoms in total. The molecule has 3 amide bonds. The number of benzene rings is 3. The van der Waals surface area contributed by atoms with Crippen LogP contribution in [0.5, 0.6) is 5.75 Å². The van der Waals surface area contributed by atoms with E-state index < -0.39 is 47.9 Å². The molecule has 6 rings (SSSR count). The summed E-state index contributed by atoms with van der Waals surface area (Å²) in [6.07, 6.45) is 4.62. The van der Waals surface area contributed by atoms with Crippen LogP contribution < -0.4 is 4.74 Å². The third-order valence-electron chi connectivity index (χ3n) is 7.78. The van der Waals surface area contributed by atoms with Gasteiger partial charge in [0.1, 0.15) is 12.3 Å². The molecular formula is C31H22Cl2N2O6. The molecular weight excluding hydrogens is 567 g/mol. The van der Waals surface area contributed by atoms with Crippen LogP contribution in [-0.2, 0) is 9.59 Å². The van der Waals surface area contributed by atoms with Gasteiger partial charge in [-0.15, -0.1) is 0 Å². The number of carbonyl (C=O) groups is 5. The lowest BCUT2D eigenvalue weighted by Crippen LogP contribution is -2.52. The second kappa shape index (κ2) is 10.6. The number of hydrazine groups is 1. The largest absolute Gasteiger partial charge is 0.423 e. The summed E-state index contributed by atoms with van der Waals surface area (Å²) in [6, 6.07) is 18.4. The van der Waals surface area contributed by atoms with E-state index in [4.69, 9.17) is 27.9 Å². The van der Waals surface area contributed by atoms with E-state index in [9.17, 15) is 24.0 Å². The summed E-state index contributed by atoms with van der Waals surface area (Å²) < 4.78 is 5.37. The molecule has 1 saturated carbocycles. The van der Waals surface area contributed by atoms with E-state index in [2.05, 4.69) is 0 Å². The minimum Gasteiger partial charge on any atom is -0.423 e. The molecule has 2 bridgehead atoms. The molecule has 0 aromatic heterocycles. The number of allylic oxidation sites excluding steroid dienone is 2. The van der Waals surface area contributed by atoms with Gasteiger partial charge in [0, 0.05) is 11.1 Å². The van der Waals surface area contributed by atoms with E-state index in [1.54, 1.807) is 30.3 Å². The number of nitrogens with zero attached hydrogens (tertiary/aromatic N) is 2. The van der Waals surface area contributed by atoms with Crippen molar-refractivity contribution in [1.82, 2.24) is 10.0 Å². The first kappa shape index (κ1) is 26.9. The van der Waals surface area contributed by atoms with Crippen LogP contribution in [0.1, 0.15) is 37.5 Å². The normalized spacial score (nSPS) is 22.1. The number of esters is 1. The maximum Gasteiger partial charge on any atom is 0.343 e. The van der Waals surface area contributed by atoms with Gasteiger partial charge in [0.05, 0.1) is 27.4 Å². The second-order valence-electron chi connectivity index (χ2n) is 10.2. The lowest BCUT2D eigenvalue weighted by Gasteiger charge is -2.31. The van der Waals surface area contributed by atoms with Gasteiger partial charge < -0.3 is 4.74 Å². The van der Waals surface area contributed by atoms with Crippen LogP contribution >= 0.6 is 23.2 Å². The minimum atomic E-state index is -0.743. The van der Waals surface area contributed by atoms with E-state index in [-0.39, 0.29) is 38.8 Å². The van der Waals surface area contributed by atoms with Crippen molar-refractivity contribution in [3.05, 3.63) is 112 Å². The number of imide groups is 1. The molecule has 2 aliphatic carbocycles. The summed E-state index contributed by atoms with van der Waals surface area (Å²) in [7, 11) is 0. The van der Waals surface area contributed by atoms with Crippen LogP contribution in [0.4, 0.5) is 0 Å². The zero-order valence-corrected chi connectivity index (χ0v) is 22.9. The molecule has 206 valence electrons. The van der Waals surface area contributed by atoms with Gasteiger partial charge in [0.25, 0.3) is 17.7 Å². The van der Waals surface area contributed by atoms with Gasteiger partial charge in [-0.1, -0.05) is 53.6 Å². The Kier molecular flexibility index (Phi) is 6.97. The number of hydrogen-bond acceptors (Lipinski definition) is 6. The summed E-state index contributed by atoms with van der Waals surface area (Å²) in [5.74, 6) is -3.87. The van der Waals surface area contributed by atoms with Crippen LogP contribution in [0.2, 0.25) is 10.0 Å². The van der Waals surface area contributed by atoms with Crippen LogP contribution in [0, 0.1) is 23.7 Å². The molecule has 10 heteroatoms. The van der Waals surface area contributed by atoms with Crippen molar-refractivity contribution < 1.29 is 28.7 Å². The van der Waals surface area contributed by atoms with Crippen molar-refractivity contribution >= 4 is 52.7 Å². The summed E-state index contributed by atoms with van der Waals surface area (Å²) in [4.78, 5) is 66.6. The molecule has 3 aromatic rings. The molecule has 1 saturated heterocycles. The van der Waals surface area contributed by atoms with E-state index in [0.717, 1.165) is 16.4 Å². The Morgan fingerprint density at radius 3 is 2.00 bits per heavy atom. The molecule has 1 aliphatic heterocycles. The van der Waals surface area contributed by atoms with E-state index in [1.165, 1.54) is 42.5 Å². The van der Waals surface area contributed by atoms with E-state index in [0.29, 0.717) is 5.56 Å². The fourth-order valence-corrected chi connectivity index (χ4v) is 6.11. The maximum absolute atomic E-state index is 13.7. The van der Waals surface area contributed by atoms with Gasteiger partial charge >= 0.3 is 5.97 Å². The molecule has 3 aliphatic rings. The third-order valence-corrected chi connectivity index (χ3v) is 8.52. The number of carbonyl (C=O) groups excluding carboxylic acids is 5. The van der Waals surface area contributed by atoms with Gasteiger partial charge in [-0.25, -0.2) is 9.80 Å². The van der Waals surface area contributed by atoms with Crippen LogP contribution in [0.15, 0.2) is 84.9 Å². The Morgan fingerprint density at radius 1 is 0.780 bits per heavy atom. The average Bonchev–Trinajstić information content (AvgIpc) is 3.67. The Labute approximate surface area is 245 Å². The predicted molar refractivity (Wildman–Crippen MR) is 149 cm³/mol. The van der Waals surface area contributed by atoms with Crippen LogP contribution in [-0.4, -0.2) is 46.0 Å². The molecule has 1 heterocycles.